The largest absolute Gasteiger partial charge is 0.388 e. The Bertz CT molecular complexity index is 385. The molecule has 0 atom stereocenters. The standard InChI is InChI=1S/C11H16N4S/c1-14-4-6-15(7-5-14)9-2-3-13-10(8-9)11(12)16/h2-3,8H,4-7H2,1H3,(H2,12,16). The molecule has 86 valence electrons. The molecule has 5 heteroatoms. The van der Waals surface area contributed by atoms with Crippen molar-refractivity contribution in [3.8, 4) is 0 Å². The van der Waals surface area contributed by atoms with Gasteiger partial charge in [0.1, 0.15) is 4.99 Å². The summed E-state index contributed by atoms with van der Waals surface area (Å²) in [6, 6.07) is 3.97. The van der Waals surface area contributed by atoms with Crippen molar-refractivity contribution in [3.63, 3.8) is 0 Å². The summed E-state index contributed by atoms with van der Waals surface area (Å²) in [6.45, 7) is 4.25. The average Bonchev–Trinajstić information content (AvgIpc) is 2.30. The van der Waals surface area contributed by atoms with Gasteiger partial charge in [-0.1, -0.05) is 12.2 Å². The fourth-order valence-corrected chi connectivity index (χ4v) is 1.93. The lowest BCUT2D eigenvalue weighted by Gasteiger charge is -2.34. The second kappa shape index (κ2) is 4.76. The van der Waals surface area contributed by atoms with Crippen molar-refractivity contribution < 1.29 is 0 Å². The van der Waals surface area contributed by atoms with Crippen molar-refractivity contribution >= 4 is 22.9 Å². The predicted octanol–water partition coefficient (Wildman–Crippen LogP) is 0.468. The van der Waals surface area contributed by atoms with Crippen LogP contribution in [0.15, 0.2) is 18.3 Å². The molecule has 2 heterocycles. The third kappa shape index (κ3) is 2.48. The lowest BCUT2D eigenvalue weighted by Crippen LogP contribution is -2.44. The van der Waals surface area contributed by atoms with Gasteiger partial charge in [0, 0.05) is 38.1 Å². The van der Waals surface area contributed by atoms with E-state index >= 15 is 0 Å². The molecule has 0 radical (unpaired) electrons. The van der Waals surface area contributed by atoms with Crippen LogP contribution in [-0.2, 0) is 0 Å². The van der Waals surface area contributed by atoms with E-state index in [0.29, 0.717) is 10.7 Å². The first-order chi connectivity index (χ1) is 7.66. The highest BCUT2D eigenvalue weighted by Gasteiger charge is 2.14. The summed E-state index contributed by atoms with van der Waals surface area (Å²) in [5.74, 6) is 0. The summed E-state index contributed by atoms with van der Waals surface area (Å²) >= 11 is 4.93. The minimum absolute atomic E-state index is 0.357. The number of anilines is 1. The van der Waals surface area contributed by atoms with E-state index in [1.807, 2.05) is 12.1 Å². The maximum atomic E-state index is 5.58. The Balaban J connectivity index is 2.14. The molecular weight excluding hydrogens is 220 g/mol. The van der Waals surface area contributed by atoms with E-state index in [1.165, 1.54) is 0 Å². The molecule has 0 unspecified atom stereocenters. The molecule has 0 aliphatic carbocycles. The van der Waals surface area contributed by atoms with Gasteiger partial charge >= 0.3 is 0 Å². The van der Waals surface area contributed by atoms with Crippen molar-refractivity contribution in [1.29, 1.82) is 0 Å². The van der Waals surface area contributed by atoms with Gasteiger partial charge in [-0.15, -0.1) is 0 Å². The van der Waals surface area contributed by atoms with Gasteiger partial charge in [-0.3, -0.25) is 4.98 Å². The average molecular weight is 236 g/mol. The molecule has 16 heavy (non-hydrogen) atoms. The van der Waals surface area contributed by atoms with Gasteiger partial charge in [0.05, 0.1) is 5.69 Å². The Morgan fingerprint density at radius 2 is 2.06 bits per heavy atom. The van der Waals surface area contributed by atoms with Crippen LogP contribution in [0.1, 0.15) is 5.69 Å². The Morgan fingerprint density at radius 1 is 1.38 bits per heavy atom. The van der Waals surface area contributed by atoms with Crippen LogP contribution >= 0.6 is 12.2 Å². The molecule has 0 spiro atoms. The highest BCUT2D eigenvalue weighted by Crippen LogP contribution is 2.16. The number of hydrogen-bond donors (Lipinski definition) is 1. The molecule has 2 rings (SSSR count). The van der Waals surface area contributed by atoms with Crippen LogP contribution in [0, 0.1) is 0 Å². The highest BCUT2D eigenvalue weighted by atomic mass is 32.1. The Morgan fingerprint density at radius 3 is 2.69 bits per heavy atom. The molecule has 4 nitrogen and oxygen atoms in total. The summed E-state index contributed by atoms with van der Waals surface area (Å²) in [7, 11) is 2.14. The van der Waals surface area contributed by atoms with E-state index in [-0.39, 0.29) is 0 Å². The first-order valence-corrected chi connectivity index (χ1v) is 5.77. The van der Waals surface area contributed by atoms with E-state index in [9.17, 15) is 0 Å². The Hall–Kier alpha value is -1.20. The molecule has 0 saturated carbocycles. The molecule has 1 aromatic rings. The minimum atomic E-state index is 0.357. The molecule has 1 aliphatic heterocycles. The molecule has 0 bridgehead atoms. The van der Waals surface area contributed by atoms with E-state index < -0.39 is 0 Å². The number of aromatic nitrogens is 1. The van der Waals surface area contributed by atoms with Crippen molar-refractivity contribution in [2.24, 2.45) is 5.73 Å². The van der Waals surface area contributed by atoms with E-state index in [0.717, 1.165) is 31.9 Å². The molecule has 2 N–H and O–H groups in total. The summed E-state index contributed by atoms with van der Waals surface area (Å²) in [5.41, 5.74) is 7.44. The normalized spacial score (nSPS) is 17.4. The van der Waals surface area contributed by atoms with Crippen molar-refractivity contribution in [3.05, 3.63) is 24.0 Å². The minimum Gasteiger partial charge on any atom is -0.388 e. The van der Waals surface area contributed by atoms with Crippen molar-refractivity contribution in [2.75, 3.05) is 38.1 Å². The SMILES string of the molecule is CN1CCN(c2ccnc(C(N)=S)c2)CC1. The molecule has 0 aromatic carbocycles. The van der Waals surface area contributed by atoms with Gasteiger partial charge < -0.3 is 15.5 Å². The van der Waals surface area contributed by atoms with E-state index in [2.05, 4.69) is 21.8 Å². The number of thiocarbonyl (C=S) groups is 1. The lowest BCUT2D eigenvalue weighted by atomic mass is 10.2. The van der Waals surface area contributed by atoms with Crippen LogP contribution in [0.25, 0.3) is 0 Å². The summed E-state index contributed by atoms with van der Waals surface area (Å²) in [4.78, 5) is 9.17. The van der Waals surface area contributed by atoms with Crippen LogP contribution in [0.2, 0.25) is 0 Å². The van der Waals surface area contributed by atoms with Crippen molar-refractivity contribution in [1.82, 2.24) is 9.88 Å². The Labute approximate surface area is 101 Å². The zero-order valence-corrected chi connectivity index (χ0v) is 10.2. The molecule has 1 fully saturated rings. The highest BCUT2D eigenvalue weighted by molar-refractivity contribution is 7.80. The van der Waals surface area contributed by atoms with Gasteiger partial charge in [-0.05, 0) is 19.2 Å². The second-order valence-electron chi connectivity index (χ2n) is 4.05. The Kier molecular flexibility index (Phi) is 3.36. The number of hydrogen-bond acceptors (Lipinski definition) is 4. The number of rotatable bonds is 2. The van der Waals surface area contributed by atoms with Gasteiger partial charge in [0.2, 0.25) is 0 Å². The third-order valence-corrected chi connectivity index (χ3v) is 3.07. The smallest absolute Gasteiger partial charge is 0.122 e. The number of likely N-dealkylation sites (N-methyl/N-ethyl adjacent to an activating group) is 1. The van der Waals surface area contributed by atoms with Gasteiger partial charge in [0.25, 0.3) is 0 Å². The first-order valence-electron chi connectivity index (χ1n) is 5.36. The van der Waals surface area contributed by atoms with Crippen LogP contribution in [0.4, 0.5) is 5.69 Å². The molecular formula is C11H16N4S. The zero-order valence-electron chi connectivity index (χ0n) is 9.39. The first kappa shape index (κ1) is 11.3. The molecule has 1 aliphatic rings. The second-order valence-corrected chi connectivity index (χ2v) is 4.49. The van der Waals surface area contributed by atoms with Gasteiger partial charge in [-0.2, -0.15) is 0 Å². The summed E-state index contributed by atoms with van der Waals surface area (Å²) in [6.07, 6.45) is 1.77. The van der Waals surface area contributed by atoms with Gasteiger partial charge in [0.15, 0.2) is 0 Å². The predicted molar refractivity (Wildman–Crippen MR) is 69.8 cm³/mol. The van der Waals surface area contributed by atoms with E-state index in [1.54, 1.807) is 6.20 Å². The number of pyridine rings is 1. The molecule has 1 saturated heterocycles. The topological polar surface area (TPSA) is 45.4 Å². The van der Waals surface area contributed by atoms with Gasteiger partial charge in [-0.25, -0.2) is 0 Å². The van der Waals surface area contributed by atoms with Crippen LogP contribution in [0.5, 0.6) is 0 Å². The number of nitrogens with two attached hydrogens (primary N) is 1. The lowest BCUT2D eigenvalue weighted by molar-refractivity contribution is 0.313. The van der Waals surface area contributed by atoms with Crippen LogP contribution < -0.4 is 10.6 Å². The third-order valence-electron chi connectivity index (χ3n) is 2.86. The molecule has 0 amide bonds. The summed E-state index contributed by atoms with van der Waals surface area (Å²) in [5, 5.41) is 0. The maximum Gasteiger partial charge on any atom is 0.122 e. The fourth-order valence-electron chi connectivity index (χ4n) is 1.82. The van der Waals surface area contributed by atoms with Crippen molar-refractivity contribution in [2.45, 2.75) is 0 Å². The number of nitrogens with zero attached hydrogens (tertiary/aromatic N) is 3. The zero-order chi connectivity index (χ0) is 11.5. The quantitative estimate of drug-likeness (QED) is 0.756. The van der Waals surface area contributed by atoms with Crippen LogP contribution in [0.3, 0.4) is 0 Å². The molecule has 1 aromatic heterocycles. The van der Waals surface area contributed by atoms with E-state index in [4.69, 9.17) is 18.0 Å². The summed E-state index contributed by atoms with van der Waals surface area (Å²) < 4.78 is 0. The fraction of sp³-hybridized carbons (Fsp3) is 0.455. The monoisotopic (exact) mass is 236 g/mol. The maximum absolute atomic E-state index is 5.58. The number of piperazine rings is 1. The van der Waals surface area contributed by atoms with Crippen LogP contribution in [-0.4, -0.2) is 48.1 Å².